The van der Waals surface area contributed by atoms with Gasteiger partial charge in [0.05, 0.1) is 6.42 Å². The van der Waals surface area contributed by atoms with E-state index in [0.717, 1.165) is 31.9 Å². The van der Waals surface area contributed by atoms with Gasteiger partial charge in [0.1, 0.15) is 0 Å². The Bertz CT molecular complexity index is 703. The molecule has 0 bridgehead atoms. The lowest BCUT2D eigenvalue weighted by molar-refractivity contribution is -0.115. The monoisotopic (exact) mass is 343 g/mol. The van der Waals surface area contributed by atoms with Gasteiger partial charge in [0.15, 0.2) is 5.82 Å². The van der Waals surface area contributed by atoms with E-state index in [0.29, 0.717) is 17.8 Å². The van der Waals surface area contributed by atoms with Crippen LogP contribution >= 0.6 is 0 Å². The molecule has 0 spiro atoms. The Morgan fingerprint density at radius 2 is 1.88 bits per heavy atom. The van der Waals surface area contributed by atoms with Gasteiger partial charge in [-0.3, -0.25) is 9.69 Å². The van der Waals surface area contributed by atoms with E-state index >= 15 is 0 Å². The van der Waals surface area contributed by atoms with Crippen LogP contribution in [0.15, 0.2) is 28.8 Å². The van der Waals surface area contributed by atoms with E-state index in [4.69, 9.17) is 4.52 Å². The average molecular weight is 343 g/mol. The minimum absolute atomic E-state index is 0.107. The van der Waals surface area contributed by atoms with Crippen LogP contribution in [0.2, 0.25) is 0 Å². The number of carbonyl (C=O) groups is 1. The Morgan fingerprint density at radius 1 is 1.20 bits per heavy atom. The number of rotatable bonds is 5. The fourth-order valence-corrected chi connectivity index (χ4v) is 3.01. The van der Waals surface area contributed by atoms with Gasteiger partial charge in [-0.15, -0.1) is 0 Å². The highest BCUT2D eigenvalue weighted by molar-refractivity contribution is 5.91. The average Bonchev–Trinajstić information content (AvgIpc) is 3.00. The smallest absolute Gasteiger partial charge is 0.232 e. The number of carbonyl (C=O) groups excluding carboxylic acids is 1. The number of aryl methyl sites for hydroxylation is 1. The molecule has 0 atom stereocenters. The summed E-state index contributed by atoms with van der Waals surface area (Å²) in [7, 11) is 0. The van der Waals surface area contributed by atoms with Gasteiger partial charge in [-0.25, -0.2) is 0 Å². The molecule has 1 aromatic heterocycles. The summed E-state index contributed by atoms with van der Waals surface area (Å²) in [5, 5.41) is 6.60. The number of benzene rings is 1. The molecule has 2 aromatic rings. The summed E-state index contributed by atoms with van der Waals surface area (Å²) in [4.78, 5) is 20.9. The number of aromatic nitrogens is 2. The summed E-state index contributed by atoms with van der Waals surface area (Å²) in [6.07, 6.45) is 0.107. The minimum Gasteiger partial charge on any atom is -0.369 e. The summed E-state index contributed by atoms with van der Waals surface area (Å²) >= 11 is 0. The van der Waals surface area contributed by atoms with Crippen molar-refractivity contribution in [2.24, 2.45) is 0 Å². The fourth-order valence-electron chi connectivity index (χ4n) is 3.01. The minimum atomic E-state index is -0.154. The maximum Gasteiger partial charge on any atom is 0.232 e. The van der Waals surface area contributed by atoms with Crippen molar-refractivity contribution in [2.45, 2.75) is 33.2 Å². The maximum atomic E-state index is 12.0. The lowest BCUT2D eigenvalue weighted by Gasteiger charge is -2.38. The molecule has 1 aliphatic rings. The van der Waals surface area contributed by atoms with Crippen molar-refractivity contribution < 1.29 is 9.32 Å². The topological polar surface area (TPSA) is 74.5 Å². The number of nitrogens with one attached hydrogen (secondary N) is 1. The number of piperazine rings is 1. The Labute approximate surface area is 148 Å². The van der Waals surface area contributed by atoms with Gasteiger partial charge in [-0.05, 0) is 38.1 Å². The fraction of sp³-hybridized carbons (Fsp3) is 0.500. The molecule has 7 nitrogen and oxygen atoms in total. The van der Waals surface area contributed by atoms with Crippen LogP contribution in [0.4, 0.5) is 11.4 Å². The van der Waals surface area contributed by atoms with Gasteiger partial charge in [-0.1, -0.05) is 5.16 Å². The van der Waals surface area contributed by atoms with Crippen molar-refractivity contribution in [3.63, 3.8) is 0 Å². The summed E-state index contributed by atoms with van der Waals surface area (Å²) in [5.74, 6) is 0.707. The number of nitrogens with zero attached hydrogens (tertiary/aromatic N) is 4. The normalized spacial score (nSPS) is 15.6. The summed E-state index contributed by atoms with van der Waals surface area (Å²) in [6.45, 7) is 10.4. The van der Waals surface area contributed by atoms with E-state index in [2.05, 4.69) is 51.2 Å². The predicted octanol–water partition coefficient (Wildman–Crippen LogP) is 2.09. The Balaban J connectivity index is 1.53. The van der Waals surface area contributed by atoms with Crippen LogP contribution in [0.3, 0.4) is 0 Å². The van der Waals surface area contributed by atoms with Crippen molar-refractivity contribution in [1.29, 1.82) is 0 Å². The van der Waals surface area contributed by atoms with E-state index in [-0.39, 0.29) is 12.3 Å². The first-order chi connectivity index (χ1) is 12.0. The lowest BCUT2D eigenvalue weighted by atomic mass is 10.2. The lowest BCUT2D eigenvalue weighted by Crippen LogP contribution is -2.48. The van der Waals surface area contributed by atoms with Crippen LogP contribution in [0.5, 0.6) is 0 Å². The van der Waals surface area contributed by atoms with Gasteiger partial charge >= 0.3 is 0 Å². The first kappa shape index (κ1) is 17.4. The van der Waals surface area contributed by atoms with E-state index in [1.54, 1.807) is 6.92 Å². The number of hydrogen-bond donors (Lipinski definition) is 1. The molecule has 0 unspecified atom stereocenters. The third-order valence-corrected chi connectivity index (χ3v) is 4.45. The van der Waals surface area contributed by atoms with Crippen molar-refractivity contribution in [2.75, 3.05) is 36.4 Å². The molecular weight excluding hydrogens is 318 g/mol. The van der Waals surface area contributed by atoms with Gasteiger partial charge < -0.3 is 14.7 Å². The predicted molar refractivity (Wildman–Crippen MR) is 96.7 cm³/mol. The highest BCUT2D eigenvalue weighted by atomic mass is 16.5. The number of hydrogen-bond acceptors (Lipinski definition) is 6. The second-order valence-corrected chi connectivity index (χ2v) is 6.62. The molecule has 1 N–H and O–H groups in total. The molecule has 0 radical (unpaired) electrons. The van der Waals surface area contributed by atoms with E-state index in [1.807, 2.05) is 12.1 Å². The van der Waals surface area contributed by atoms with Crippen LogP contribution in [0.1, 0.15) is 25.6 Å². The molecule has 3 rings (SSSR count). The van der Waals surface area contributed by atoms with E-state index in [9.17, 15) is 4.79 Å². The van der Waals surface area contributed by atoms with Crippen molar-refractivity contribution in [1.82, 2.24) is 15.0 Å². The quantitative estimate of drug-likeness (QED) is 0.896. The van der Waals surface area contributed by atoms with Crippen LogP contribution in [-0.2, 0) is 11.2 Å². The molecule has 1 saturated heterocycles. The zero-order valence-electron chi connectivity index (χ0n) is 15.0. The molecule has 1 aromatic carbocycles. The molecule has 1 fully saturated rings. The molecule has 0 aliphatic carbocycles. The zero-order chi connectivity index (χ0) is 17.8. The van der Waals surface area contributed by atoms with Gasteiger partial charge in [-0.2, -0.15) is 4.98 Å². The van der Waals surface area contributed by atoms with E-state index < -0.39 is 0 Å². The maximum absolute atomic E-state index is 12.0. The third-order valence-electron chi connectivity index (χ3n) is 4.45. The summed E-state index contributed by atoms with van der Waals surface area (Å²) < 4.78 is 4.87. The molecular formula is C18H25N5O2. The Kier molecular flexibility index (Phi) is 5.33. The van der Waals surface area contributed by atoms with Crippen molar-refractivity contribution in [3.8, 4) is 0 Å². The zero-order valence-corrected chi connectivity index (χ0v) is 15.0. The SMILES string of the molecule is Cc1nc(CC(=O)Nc2ccc(N3CCN(C(C)C)CC3)cc2)no1. The molecule has 0 saturated carbocycles. The second kappa shape index (κ2) is 7.65. The van der Waals surface area contributed by atoms with Gasteiger partial charge in [0.25, 0.3) is 0 Å². The molecule has 134 valence electrons. The Hall–Kier alpha value is -2.41. The molecule has 7 heteroatoms. The highest BCUT2D eigenvalue weighted by Crippen LogP contribution is 2.20. The molecule has 2 heterocycles. The van der Waals surface area contributed by atoms with E-state index in [1.165, 1.54) is 5.69 Å². The van der Waals surface area contributed by atoms with Gasteiger partial charge in [0, 0.05) is 50.5 Å². The number of amides is 1. The van der Waals surface area contributed by atoms with Crippen LogP contribution in [0, 0.1) is 6.92 Å². The summed E-state index contributed by atoms with van der Waals surface area (Å²) in [6, 6.07) is 8.58. The number of anilines is 2. The highest BCUT2D eigenvalue weighted by Gasteiger charge is 2.19. The van der Waals surface area contributed by atoms with Crippen LogP contribution in [0.25, 0.3) is 0 Å². The van der Waals surface area contributed by atoms with Crippen LogP contribution in [-0.4, -0.2) is 53.2 Å². The second-order valence-electron chi connectivity index (χ2n) is 6.62. The van der Waals surface area contributed by atoms with Crippen LogP contribution < -0.4 is 10.2 Å². The van der Waals surface area contributed by atoms with Crippen molar-refractivity contribution >= 4 is 17.3 Å². The molecule has 1 amide bonds. The molecule has 25 heavy (non-hydrogen) atoms. The largest absolute Gasteiger partial charge is 0.369 e. The molecule has 1 aliphatic heterocycles. The Morgan fingerprint density at radius 3 is 2.44 bits per heavy atom. The first-order valence-corrected chi connectivity index (χ1v) is 8.69. The van der Waals surface area contributed by atoms with Gasteiger partial charge in [0.2, 0.25) is 11.8 Å². The standard InChI is InChI=1S/C18H25N5O2/c1-13(2)22-8-10-23(11-9-22)16-6-4-15(5-7-16)20-18(24)12-17-19-14(3)25-21-17/h4-7,13H,8-12H2,1-3H3,(H,20,24). The summed E-state index contributed by atoms with van der Waals surface area (Å²) in [5.41, 5.74) is 1.96. The van der Waals surface area contributed by atoms with Crippen molar-refractivity contribution in [3.05, 3.63) is 36.0 Å². The first-order valence-electron chi connectivity index (χ1n) is 8.69. The third kappa shape index (κ3) is 4.57.